The molecular weight excluding hydrogens is 568 g/mol. The maximum atomic E-state index is 13.2. The van der Waals surface area contributed by atoms with Crippen molar-refractivity contribution in [1.82, 2.24) is 45.2 Å². The normalized spacial score (nSPS) is 17.1. The first-order valence-electron chi connectivity index (χ1n) is 15.2. The van der Waals surface area contributed by atoms with Gasteiger partial charge in [-0.05, 0) is 61.9 Å². The molecule has 2 fully saturated rings. The predicted octanol–water partition coefficient (Wildman–Crippen LogP) is 2.94. The fourth-order valence-electron chi connectivity index (χ4n) is 6.08. The maximum absolute atomic E-state index is 13.2. The van der Waals surface area contributed by atoms with Gasteiger partial charge in [0.05, 0.1) is 12.1 Å². The summed E-state index contributed by atoms with van der Waals surface area (Å²) in [5, 5.41) is 11.3. The van der Waals surface area contributed by atoms with E-state index in [1.54, 1.807) is 24.8 Å². The minimum Gasteiger partial charge on any atom is -0.368 e. The molecule has 6 heterocycles. The zero-order chi connectivity index (χ0) is 30.8. The van der Waals surface area contributed by atoms with Gasteiger partial charge >= 0.3 is 0 Å². The van der Waals surface area contributed by atoms with Crippen LogP contribution in [0.25, 0.3) is 33.7 Å². The van der Waals surface area contributed by atoms with Gasteiger partial charge in [0.25, 0.3) is 5.91 Å². The number of carbonyl (C=O) groups excluding carboxylic acids is 2. The number of nitrogens with zero attached hydrogens (tertiary/aromatic N) is 8. The Morgan fingerprint density at radius 3 is 2.49 bits per heavy atom. The van der Waals surface area contributed by atoms with Crippen molar-refractivity contribution >= 4 is 28.5 Å². The number of amides is 2. The van der Waals surface area contributed by atoms with Crippen LogP contribution >= 0.6 is 0 Å². The second-order valence-corrected chi connectivity index (χ2v) is 11.6. The molecule has 1 aromatic carbocycles. The lowest BCUT2D eigenvalue weighted by Gasteiger charge is -2.36. The number of hydrogen-bond donors (Lipinski definition) is 2. The van der Waals surface area contributed by atoms with Crippen LogP contribution in [0.4, 0.5) is 5.69 Å². The van der Waals surface area contributed by atoms with E-state index < -0.39 is 0 Å². The number of piperazine rings is 1. The summed E-state index contributed by atoms with van der Waals surface area (Å²) in [4.78, 5) is 50.0. The molecule has 1 atom stereocenters. The van der Waals surface area contributed by atoms with Crippen molar-refractivity contribution in [2.24, 2.45) is 0 Å². The first kappa shape index (κ1) is 28.5. The van der Waals surface area contributed by atoms with Crippen molar-refractivity contribution in [1.29, 1.82) is 0 Å². The fraction of sp³-hybridized carbons (Fsp3) is 0.303. The van der Waals surface area contributed by atoms with Gasteiger partial charge in [-0.25, -0.2) is 15.0 Å². The first-order chi connectivity index (χ1) is 22.0. The molecule has 2 saturated heterocycles. The Hall–Kier alpha value is -5.23. The average molecular weight is 603 g/mol. The highest BCUT2D eigenvalue weighted by Gasteiger charge is 2.29. The third kappa shape index (κ3) is 6.22. The van der Waals surface area contributed by atoms with Gasteiger partial charge in [-0.3, -0.25) is 24.6 Å². The summed E-state index contributed by atoms with van der Waals surface area (Å²) in [6.07, 6.45) is 7.59. The van der Waals surface area contributed by atoms with E-state index in [4.69, 9.17) is 0 Å². The first-order valence-corrected chi connectivity index (χ1v) is 15.2. The second-order valence-electron chi connectivity index (χ2n) is 11.6. The van der Waals surface area contributed by atoms with Crippen molar-refractivity contribution in [3.8, 4) is 22.6 Å². The van der Waals surface area contributed by atoms with E-state index in [1.165, 1.54) is 0 Å². The lowest BCUT2D eigenvalue weighted by molar-refractivity contribution is -0.132. The van der Waals surface area contributed by atoms with Crippen LogP contribution in [-0.4, -0.2) is 104 Å². The van der Waals surface area contributed by atoms with Gasteiger partial charge in [0.1, 0.15) is 5.69 Å². The summed E-state index contributed by atoms with van der Waals surface area (Å²) >= 11 is 0. The minimum absolute atomic E-state index is 0.0335. The highest BCUT2D eigenvalue weighted by atomic mass is 16.2. The van der Waals surface area contributed by atoms with Crippen LogP contribution in [0.15, 0.2) is 73.3 Å². The van der Waals surface area contributed by atoms with Gasteiger partial charge in [-0.15, -0.1) is 0 Å². The van der Waals surface area contributed by atoms with E-state index in [2.05, 4.69) is 57.4 Å². The lowest BCUT2D eigenvalue weighted by atomic mass is 10.1. The highest BCUT2D eigenvalue weighted by molar-refractivity contribution is 6.00. The monoisotopic (exact) mass is 602 g/mol. The van der Waals surface area contributed by atoms with Crippen LogP contribution in [-0.2, 0) is 4.79 Å². The molecule has 228 valence electrons. The number of fused-ring (bicyclic) bond motifs is 1. The Bertz CT molecular complexity index is 1820. The van der Waals surface area contributed by atoms with Crippen LogP contribution < -0.4 is 10.2 Å². The quantitative estimate of drug-likeness (QED) is 0.288. The number of rotatable bonds is 7. The molecule has 0 bridgehead atoms. The standard InChI is InChI=1S/C33H34N10O2/c1-22-17-24(7-11-34-22)30-28-18-25(19-37-32(28)40-39-30)33(45)38-26-8-12-41(20-26)21-29(44)43-15-13-42(14-16-43)27-5-3-23(4-6-27)31-35-9-2-10-36-31/h2-7,9-11,17-19,26H,8,12-16,20-21H2,1H3,(H,38,45)(H,37,39,40). The molecule has 0 spiro atoms. The van der Waals surface area contributed by atoms with E-state index in [-0.39, 0.29) is 17.9 Å². The zero-order valence-corrected chi connectivity index (χ0v) is 25.1. The summed E-state index contributed by atoms with van der Waals surface area (Å²) in [5.74, 6) is 0.661. The Balaban J connectivity index is 0.900. The van der Waals surface area contributed by atoms with Gasteiger partial charge in [0.2, 0.25) is 5.91 Å². The molecule has 0 radical (unpaired) electrons. The van der Waals surface area contributed by atoms with Crippen LogP contribution in [0, 0.1) is 6.92 Å². The van der Waals surface area contributed by atoms with Crippen molar-refractivity contribution in [2.45, 2.75) is 19.4 Å². The summed E-state index contributed by atoms with van der Waals surface area (Å²) in [5.41, 5.74) is 5.75. The molecule has 2 aliphatic rings. The summed E-state index contributed by atoms with van der Waals surface area (Å²) in [6, 6.07) is 15.7. The van der Waals surface area contributed by atoms with Crippen LogP contribution in [0.3, 0.4) is 0 Å². The smallest absolute Gasteiger partial charge is 0.253 e. The third-order valence-corrected chi connectivity index (χ3v) is 8.50. The highest BCUT2D eigenvalue weighted by Crippen LogP contribution is 2.26. The minimum atomic E-state index is -0.180. The number of aryl methyl sites for hydroxylation is 1. The van der Waals surface area contributed by atoms with Crippen molar-refractivity contribution in [3.63, 3.8) is 0 Å². The number of anilines is 1. The van der Waals surface area contributed by atoms with E-state index in [0.717, 1.165) is 59.6 Å². The molecule has 12 heteroatoms. The average Bonchev–Trinajstić information content (AvgIpc) is 3.71. The number of pyridine rings is 2. The topological polar surface area (TPSA) is 136 Å². The van der Waals surface area contributed by atoms with Crippen LogP contribution in [0.5, 0.6) is 0 Å². The van der Waals surface area contributed by atoms with Gasteiger partial charge in [-0.2, -0.15) is 5.10 Å². The molecule has 1 unspecified atom stereocenters. The Morgan fingerprint density at radius 2 is 1.71 bits per heavy atom. The molecule has 7 rings (SSSR count). The van der Waals surface area contributed by atoms with Crippen molar-refractivity contribution in [3.05, 3.63) is 84.6 Å². The Labute approximate surface area is 260 Å². The zero-order valence-electron chi connectivity index (χ0n) is 25.1. The SMILES string of the molecule is Cc1cc(-c2n[nH]c3ncc(C(=O)NC4CCN(CC(=O)N5CCN(c6ccc(-c7ncccn7)cc6)CC5)C4)cc23)ccn1. The summed E-state index contributed by atoms with van der Waals surface area (Å²) < 4.78 is 0. The predicted molar refractivity (Wildman–Crippen MR) is 170 cm³/mol. The summed E-state index contributed by atoms with van der Waals surface area (Å²) in [7, 11) is 0. The number of carbonyl (C=O) groups is 2. The van der Waals surface area contributed by atoms with Gasteiger partial charge in [0, 0.05) is 98.0 Å². The molecule has 0 saturated carbocycles. The lowest BCUT2D eigenvalue weighted by Crippen LogP contribution is -2.51. The van der Waals surface area contributed by atoms with E-state index in [9.17, 15) is 9.59 Å². The number of benzene rings is 1. The number of hydrogen-bond acceptors (Lipinski definition) is 9. The molecule has 4 aromatic heterocycles. The molecule has 2 aliphatic heterocycles. The number of aromatic amines is 1. The number of nitrogens with one attached hydrogen (secondary N) is 2. The van der Waals surface area contributed by atoms with Gasteiger partial charge < -0.3 is 15.1 Å². The Kier molecular flexibility index (Phi) is 7.87. The van der Waals surface area contributed by atoms with Crippen LogP contribution in [0.1, 0.15) is 22.5 Å². The van der Waals surface area contributed by atoms with Crippen LogP contribution in [0.2, 0.25) is 0 Å². The third-order valence-electron chi connectivity index (χ3n) is 8.50. The second kappa shape index (κ2) is 12.4. The number of H-pyrrole nitrogens is 1. The van der Waals surface area contributed by atoms with E-state index >= 15 is 0 Å². The van der Waals surface area contributed by atoms with E-state index in [1.807, 2.05) is 48.2 Å². The fourth-order valence-corrected chi connectivity index (χ4v) is 6.08. The molecule has 45 heavy (non-hydrogen) atoms. The molecule has 2 N–H and O–H groups in total. The molecule has 0 aliphatic carbocycles. The molecular formula is C33H34N10O2. The van der Waals surface area contributed by atoms with Crippen molar-refractivity contribution in [2.75, 3.05) is 50.7 Å². The molecule has 2 amide bonds. The molecule has 5 aromatic rings. The van der Waals surface area contributed by atoms with Gasteiger partial charge in [-0.1, -0.05) is 0 Å². The Morgan fingerprint density at radius 1 is 0.911 bits per heavy atom. The number of likely N-dealkylation sites (tertiary alicyclic amines) is 1. The van der Waals surface area contributed by atoms with E-state index in [0.29, 0.717) is 43.2 Å². The number of aromatic nitrogens is 6. The van der Waals surface area contributed by atoms with Crippen molar-refractivity contribution < 1.29 is 9.59 Å². The molecule has 12 nitrogen and oxygen atoms in total. The van der Waals surface area contributed by atoms with Gasteiger partial charge in [0.15, 0.2) is 11.5 Å². The summed E-state index contributed by atoms with van der Waals surface area (Å²) in [6.45, 7) is 6.61. The largest absolute Gasteiger partial charge is 0.368 e. The maximum Gasteiger partial charge on any atom is 0.253 e.